The normalized spacial score (nSPS) is 19.3. The van der Waals surface area contributed by atoms with Gasteiger partial charge in [0.05, 0.1) is 6.42 Å². The molecule has 1 atom stereocenters. The SMILES string of the molecule is CC(C)[C@@H](CC(=O)O)NC(=O)CC1CC(CNC(=O)OCC2c3ccccc3-c3ccccc32)C1. The third kappa shape index (κ3) is 6.02. The van der Waals surface area contributed by atoms with E-state index in [-0.39, 0.29) is 36.1 Å². The molecule has 4 rings (SSSR count). The summed E-state index contributed by atoms with van der Waals surface area (Å²) in [7, 11) is 0. The Kier molecular flexibility index (Phi) is 7.73. The van der Waals surface area contributed by atoms with Gasteiger partial charge >= 0.3 is 12.1 Å². The van der Waals surface area contributed by atoms with Crippen molar-refractivity contribution >= 4 is 18.0 Å². The first-order valence-corrected chi connectivity index (χ1v) is 12.4. The Morgan fingerprint density at radius 2 is 1.57 bits per heavy atom. The average molecular weight is 479 g/mol. The lowest BCUT2D eigenvalue weighted by atomic mass is 9.73. The molecular weight excluding hydrogens is 444 g/mol. The van der Waals surface area contributed by atoms with E-state index in [1.165, 1.54) is 22.3 Å². The number of carbonyl (C=O) groups excluding carboxylic acids is 2. The summed E-state index contributed by atoms with van der Waals surface area (Å²) < 4.78 is 5.59. The van der Waals surface area contributed by atoms with Crippen molar-refractivity contribution in [3.05, 3.63) is 59.7 Å². The third-order valence-corrected chi connectivity index (χ3v) is 7.23. The molecule has 2 aliphatic carbocycles. The molecule has 7 heteroatoms. The van der Waals surface area contributed by atoms with E-state index in [2.05, 4.69) is 34.9 Å². The van der Waals surface area contributed by atoms with Gasteiger partial charge in [-0.05, 0) is 52.8 Å². The molecule has 35 heavy (non-hydrogen) atoms. The number of ether oxygens (including phenoxy) is 1. The van der Waals surface area contributed by atoms with E-state index in [0.29, 0.717) is 25.5 Å². The van der Waals surface area contributed by atoms with Crippen LogP contribution in [0.25, 0.3) is 11.1 Å². The van der Waals surface area contributed by atoms with E-state index in [0.717, 1.165) is 12.8 Å². The number of hydrogen-bond acceptors (Lipinski definition) is 4. The van der Waals surface area contributed by atoms with Gasteiger partial charge in [-0.1, -0.05) is 62.4 Å². The number of hydrogen-bond donors (Lipinski definition) is 3. The molecule has 0 aromatic heterocycles. The molecule has 0 saturated heterocycles. The number of aliphatic carboxylic acids is 1. The topological polar surface area (TPSA) is 105 Å². The van der Waals surface area contributed by atoms with Crippen molar-refractivity contribution in [2.45, 2.75) is 51.5 Å². The highest BCUT2D eigenvalue weighted by atomic mass is 16.5. The Balaban J connectivity index is 1.17. The summed E-state index contributed by atoms with van der Waals surface area (Å²) in [5.41, 5.74) is 4.77. The smallest absolute Gasteiger partial charge is 0.407 e. The van der Waals surface area contributed by atoms with Crippen molar-refractivity contribution in [3.8, 4) is 11.1 Å². The predicted octanol–water partition coefficient (Wildman–Crippen LogP) is 4.56. The fraction of sp³-hybridized carbons (Fsp3) is 0.464. The van der Waals surface area contributed by atoms with Gasteiger partial charge in [0.1, 0.15) is 6.61 Å². The zero-order valence-electron chi connectivity index (χ0n) is 20.3. The maximum Gasteiger partial charge on any atom is 0.407 e. The van der Waals surface area contributed by atoms with Crippen LogP contribution < -0.4 is 10.6 Å². The number of nitrogens with one attached hydrogen (secondary N) is 2. The van der Waals surface area contributed by atoms with Crippen LogP contribution in [0.15, 0.2) is 48.5 Å². The minimum absolute atomic E-state index is 0.0375. The highest BCUT2D eigenvalue weighted by Crippen LogP contribution is 2.44. The Morgan fingerprint density at radius 3 is 2.14 bits per heavy atom. The minimum atomic E-state index is -0.910. The zero-order chi connectivity index (χ0) is 24.9. The summed E-state index contributed by atoms with van der Waals surface area (Å²) in [4.78, 5) is 35.7. The lowest BCUT2D eigenvalue weighted by Gasteiger charge is -2.35. The lowest BCUT2D eigenvalue weighted by molar-refractivity contribution is -0.138. The van der Waals surface area contributed by atoms with Crippen molar-refractivity contribution in [1.29, 1.82) is 0 Å². The fourth-order valence-electron chi connectivity index (χ4n) is 5.25. The molecule has 186 valence electrons. The first kappa shape index (κ1) is 24.8. The molecule has 0 bridgehead atoms. The molecule has 1 saturated carbocycles. The van der Waals surface area contributed by atoms with Crippen LogP contribution in [0.3, 0.4) is 0 Å². The predicted molar refractivity (Wildman–Crippen MR) is 133 cm³/mol. The highest BCUT2D eigenvalue weighted by Gasteiger charge is 2.32. The quantitative estimate of drug-likeness (QED) is 0.464. The van der Waals surface area contributed by atoms with Crippen molar-refractivity contribution < 1.29 is 24.2 Å². The van der Waals surface area contributed by atoms with E-state index < -0.39 is 12.1 Å². The van der Waals surface area contributed by atoms with E-state index >= 15 is 0 Å². The van der Waals surface area contributed by atoms with Crippen molar-refractivity contribution in [3.63, 3.8) is 0 Å². The van der Waals surface area contributed by atoms with Crippen LogP contribution in [-0.2, 0) is 14.3 Å². The highest BCUT2D eigenvalue weighted by molar-refractivity contribution is 5.79. The van der Waals surface area contributed by atoms with Gasteiger partial charge in [0.25, 0.3) is 0 Å². The summed E-state index contributed by atoms with van der Waals surface area (Å²) in [6.07, 6.45) is 1.64. The number of amides is 2. The number of fused-ring (bicyclic) bond motifs is 3. The zero-order valence-corrected chi connectivity index (χ0v) is 20.3. The second-order valence-electron chi connectivity index (χ2n) is 10.1. The first-order chi connectivity index (χ1) is 16.8. The first-order valence-electron chi connectivity index (χ1n) is 12.4. The van der Waals surface area contributed by atoms with Crippen LogP contribution in [0, 0.1) is 17.8 Å². The van der Waals surface area contributed by atoms with E-state index in [1.54, 1.807) is 0 Å². The molecule has 2 aromatic rings. The molecule has 0 aliphatic heterocycles. The number of carboxylic acid groups (broad SMARTS) is 1. The molecule has 3 N–H and O–H groups in total. The molecule has 2 aromatic carbocycles. The van der Waals surface area contributed by atoms with E-state index in [9.17, 15) is 14.4 Å². The Bertz CT molecular complexity index is 1030. The Labute approximate surface area is 206 Å². The molecule has 2 aliphatic rings. The van der Waals surface area contributed by atoms with Gasteiger partial charge < -0.3 is 20.5 Å². The van der Waals surface area contributed by atoms with Gasteiger partial charge in [0, 0.05) is 24.9 Å². The number of rotatable bonds is 10. The van der Waals surface area contributed by atoms with Crippen LogP contribution in [0.4, 0.5) is 4.79 Å². The van der Waals surface area contributed by atoms with Gasteiger partial charge in [-0.3, -0.25) is 9.59 Å². The van der Waals surface area contributed by atoms with Gasteiger partial charge in [0.15, 0.2) is 0 Å². The van der Waals surface area contributed by atoms with Crippen molar-refractivity contribution in [1.82, 2.24) is 10.6 Å². The van der Waals surface area contributed by atoms with Crippen molar-refractivity contribution in [2.75, 3.05) is 13.2 Å². The summed E-state index contributed by atoms with van der Waals surface area (Å²) in [5, 5.41) is 14.7. The molecule has 0 unspecified atom stereocenters. The Hall–Kier alpha value is -3.35. The van der Waals surface area contributed by atoms with Crippen LogP contribution in [0.1, 0.15) is 56.6 Å². The summed E-state index contributed by atoms with van der Waals surface area (Å²) >= 11 is 0. The maximum absolute atomic E-state index is 12.4. The van der Waals surface area contributed by atoms with Gasteiger partial charge in [-0.2, -0.15) is 0 Å². The van der Waals surface area contributed by atoms with E-state index in [4.69, 9.17) is 9.84 Å². The van der Waals surface area contributed by atoms with Gasteiger partial charge in [0.2, 0.25) is 5.91 Å². The summed E-state index contributed by atoms with van der Waals surface area (Å²) in [6, 6.07) is 16.1. The molecule has 0 spiro atoms. The molecule has 1 fully saturated rings. The monoisotopic (exact) mass is 478 g/mol. The van der Waals surface area contributed by atoms with Crippen LogP contribution >= 0.6 is 0 Å². The lowest BCUT2D eigenvalue weighted by Crippen LogP contribution is -2.43. The van der Waals surface area contributed by atoms with Crippen LogP contribution in [0.2, 0.25) is 0 Å². The largest absolute Gasteiger partial charge is 0.481 e. The second kappa shape index (κ2) is 10.9. The number of carboxylic acids is 1. The van der Waals surface area contributed by atoms with Crippen LogP contribution in [0.5, 0.6) is 0 Å². The average Bonchev–Trinajstić information content (AvgIpc) is 3.12. The summed E-state index contributed by atoms with van der Waals surface area (Å²) in [6.45, 7) is 4.63. The standard InChI is InChI=1S/C28H34N2O5/c1-17(2)25(14-27(32)33)30-26(31)13-18-11-19(12-18)15-29-28(34)35-16-24-22-9-5-3-7-20(22)21-8-4-6-10-23(21)24/h3-10,17-19,24-25H,11-16H2,1-2H3,(H,29,34)(H,30,31)(H,32,33)/t18?,19?,25-/m1/s1. The van der Waals surface area contributed by atoms with Gasteiger partial charge in [-0.25, -0.2) is 4.79 Å². The molecule has 7 nitrogen and oxygen atoms in total. The minimum Gasteiger partial charge on any atom is -0.481 e. The fourth-order valence-corrected chi connectivity index (χ4v) is 5.25. The van der Waals surface area contributed by atoms with Crippen LogP contribution in [-0.4, -0.2) is 42.3 Å². The number of carbonyl (C=O) groups is 3. The Morgan fingerprint density at radius 1 is 0.971 bits per heavy atom. The third-order valence-electron chi connectivity index (χ3n) is 7.23. The molecule has 2 amide bonds. The number of alkyl carbamates (subject to hydrolysis) is 1. The molecule has 0 heterocycles. The van der Waals surface area contributed by atoms with Crippen molar-refractivity contribution in [2.24, 2.45) is 17.8 Å². The second-order valence-corrected chi connectivity index (χ2v) is 10.1. The van der Waals surface area contributed by atoms with Gasteiger partial charge in [-0.15, -0.1) is 0 Å². The molecular formula is C28H34N2O5. The maximum atomic E-state index is 12.4. The summed E-state index contributed by atoms with van der Waals surface area (Å²) in [5.74, 6) is -0.318. The number of benzene rings is 2. The van der Waals surface area contributed by atoms with E-state index in [1.807, 2.05) is 38.1 Å². The molecule has 0 radical (unpaired) electrons.